The van der Waals surface area contributed by atoms with Gasteiger partial charge in [-0.25, -0.2) is 0 Å². The number of likely N-dealkylation sites (tertiary alicyclic amines) is 1. The van der Waals surface area contributed by atoms with Gasteiger partial charge in [0.15, 0.2) is 5.78 Å². The number of ketones is 1. The summed E-state index contributed by atoms with van der Waals surface area (Å²) in [6.45, 7) is 2.01. The van der Waals surface area contributed by atoms with Crippen molar-refractivity contribution < 1.29 is 4.79 Å². The molecule has 1 rings (SSSR count). The molecule has 0 spiro atoms. The van der Waals surface area contributed by atoms with Crippen molar-refractivity contribution in [1.82, 2.24) is 4.90 Å². The maximum absolute atomic E-state index is 11.4. The lowest BCUT2D eigenvalue weighted by Gasteiger charge is -2.28. The summed E-state index contributed by atoms with van der Waals surface area (Å²) in [5.41, 5.74) is 0. The lowest BCUT2D eigenvalue weighted by Crippen LogP contribution is -2.35. The van der Waals surface area contributed by atoms with Gasteiger partial charge in [-0.1, -0.05) is 15.9 Å². The highest BCUT2D eigenvalue weighted by Gasteiger charge is 2.26. The first-order chi connectivity index (χ1) is 5.61. The van der Waals surface area contributed by atoms with Crippen molar-refractivity contribution in [1.29, 1.82) is 0 Å². The monoisotopic (exact) mass is 253 g/mol. The Kier molecular flexibility index (Phi) is 4.00. The molecule has 1 fully saturated rings. The topological polar surface area (TPSA) is 20.3 Å². The van der Waals surface area contributed by atoms with Crippen LogP contribution in [0, 0.1) is 5.92 Å². The first-order valence-electron chi connectivity index (χ1n) is 4.11. The van der Waals surface area contributed by atoms with Crippen LogP contribution in [0.2, 0.25) is 0 Å². The normalized spacial score (nSPS) is 23.9. The van der Waals surface area contributed by atoms with Crippen LogP contribution < -0.4 is 0 Å². The smallest absolute Gasteiger partial charge is 0.164 e. The molecular formula is C8H13BrClNO. The highest BCUT2D eigenvalue weighted by molar-refractivity contribution is 9.10. The Hall–Kier alpha value is 0.400. The van der Waals surface area contributed by atoms with Gasteiger partial charge in [-0.2, -0.15) is 0 Å². The molecule has 4 heteroatoms. The Bertz CT molecular complexity index is 166. The fourth-order valence-electron chi connectivity index (χ4n) is 1.47. The number of halogens is 2. The number of carbonyl (C=O) groups is 1. The summed E-state index contributed by atoms with van der Waals surface area (Å²) in [4.78, 5) is 13.6. The van der Waals surface area contributed by atoms with Gasteiger partial charge in [0.2, 0.25) is 0 Å². The van der Waals surface area contributed by atoms with Crippen molar-refractivity contribution in [2.75, 3.05) is 20.1 Å². The third kappa shape index (κ3) is 2.71. The molecule has 0 saturated carbocycles. The summed E-state index contributed by atoms with van der Waals surface area (Å²) in [7, 11) is 2.08. The second-order valence-electron chi connectivity index (χ2n) is 3.28. The SMILES string of the molecule is CN1CCC(C(=O)C(Cl)Br)CC1. The Morgan fingerprint density at radius 2 is 2.08 bits per heavy atom. The van der Waals surface area contributed by atoms with E-state index in [2.05, 4.69) is 27.9 Å². The van der Waals surface area contributed by atoms with E-state index in [0.717, 1.165) is 25.9 Å². The van der Waals surface area contributed by atoms with E-state index in [-0.39, 0.29) is 11.7 Å². The van der Waals surface area contributed by atoms with Gasteiger partial charge in [-0.15, -0.1) is 11.6 Å². The number of carbonyl (C=O) groups excluding carboxylic acids is 1. The molecule has 0 N–H and O–H groups in total. The first kappa shape index (κ1) is 10.5. The number of nitrogens with zero attached hydrogens (tertiary/aromatic N) is 1. The van der Waals surface area contributed by atoms with Gasteiger partial charge in [-0.05, 0) is 33.0 Å². The molecule has 0 aromatic carbocycles. The number of Topliss-reactive ketones (excluding diaryl/α,β-unsaturated/α-hetero) is 1. The second-order valence-corrected chi connectivity index (χ2v) is 5.16. The summed E-state index contributed by atoms with van der Waals surface area (Å²) in [5, 5.41) is 0. The summed E-state index contributed by atoms with van der Waals surface area (Å²) in [6, 6.07) is 0. The summed E-state index contributed by atoms with van der Waals surface area (Å²) < 4.78 is -0.495. The fraction of sp³-hybridized carbons (Fsp3) is 0.875. The van der Waals surface area contributed by atoms with Gasteiger partial charge in [0, 0.05) is 5.92 Å². The maximum atomic E-state index is 11.4. The van der Waals surface area contributed by atoms with E-state index in [1.165, 1.54) is 0 Å². The highest BCUT2D eigenvalue weighted by Crippen LogP contribution is 2.22. The molecule has 1 aliphatic rings. The predicted octanol–water partition coefficient (Wildman–Crippen LogP) is 1.86. The minimum absolute atomic E-state index is 0.143. The van der Waals surface area contributed by atoms with Crippen LogP contribution in [0.15, 0.2) is 0 Å². The standard InChI is InChI=1S/C8H13BrClNO/c1-11-4-2-6(3-5-11)7(12)8(9)10/h6,8H,2-5H2,1H3. The van der Waals surface area contributed by atoms with E-state index in [4.69, 9.17) is 11.6 Å². The molecule has 1 aliphatic heterocycles. The largest absolute Gasteiger partial charge is 0.306 e. The molecule has 2 nitrogen and oxygen atoms in total. The van der Waals surface area contributed by atoms with Crippen LogP contribution in [0.3, 0.4) is 0 Å². The molecule has 0 aliphatic carbocycles. The van der Waals surface area contributed by atoms with Gasteiger partial charge < -0.3 is 4.90 Å². The lowest BCUT2D eigenvalue weighted by atomic mass is 9.94. The van der Waals surface area contributed by atoms with Crippen molar-refractivity contribution >= 4 is 33.3 Å². The van der Waals surface area contributed by atoms with Crippen molar-refractivity contribution in [3.05, 3.63) is 0 Å². The van der Waals surface area contributed by atoms with Crippen LogP contribution in [0.5, 0.6) is 0 Å². The molecule has 70 valence electrons. The Labute approximate surface area is 86.4 Å². The maximum Gasteiger partial charge on any atom is 0.164 e. The van der Waals surface area contributed by atoms with Gasteiger partial charge in [0.1, 0.15) is 4.29 Å². The van der Waals surface area contributed by atoms with Crippen LogP contribution in [0.1, 0.15) is 12.8 Å². The fourth-order valence-corrected chi connectivity index (χ4v) is 2.02. The third-order valence-electron chi connectivity index (χ3n) is 2.34. The summed E-state index contributed by atoms with van der Waals surface area (Å²) in [5.74, 6) is 0.313. The van der Waals surface area contributed by atoms with Gasteiger partial charge >= 0.3 is 0 Å². The zero-order chi connectivity index (χ0) is 9.14. The van der Waals surface area contributed by atoms with E-state index in [1.807, 2.05) is 0 Å². The number of alkyl halides is 2. The molecule has 0 aromatic rings. The quantitative estimate of drug-likeness (QED) is 0.701. The average Bonchev–Trinajstić information content (AvgIpc) is 2.04. The van der Waals surface area contributed by atoms with E-state index < -0.39 is 4.29 Å². The number of hydrogen-bond donors (Lipinski definition) is 0. The van der Waals surface area contributed by atoms with Crippen molar-refractivity contribution in [2.45, 2.75) is 17.1 Å². The number of piperidine rings is 1. The molecule has 0 bridgehead atoms. The molecule has 1 atom stereocenters. The molecule has 12 heavy (non-hydrogen) atoms. The van der Waals surface area contributed by atoms with Crippen molar-refractivity contribution in [2.24, 2.45) is 5.92 Å². The molecule has 1 unspecified atom stereocenters. The zero-order valence-corrected chi connectivity index (χ0v) is 9.44. The van der Waals surface area contributed by atoms with E-state index in [9.17, 15) is 4.79 Å². The molecular weight excluding hydrogens is 241 g/mol. The molecule has 0 radical (unpaired) electrons. The zero-order valence-electron chi connectivity index (χ0n) is 7.09. The van der Waals surface area contributed by atoms with Crippen LogP contribution in [-0.4, -0.2) is 35.1 Å². The van der Waals surface area contributed by atoms with Crippen LogP contribution >= 0.6 is 27.5 Å². The Balaban J connectivity index is 2.39. The van der Waals surface area contributed by atoms with Crippen molar-refractivity contribution in [3.63, 3.8) is 0 Å². The highest BCUT2D eigenvalue weighted by atomic mass is 79.9. The summed E-state index contributed by atoms with van der Waals surface area (Å²) >= 11 is 8.74. The third-order valence-corrected chi connectivity index (χ3v) is 3.00. The Morgan fingerprint density at radius 1 is 1.58 bits per heavy atom. The van der Waals surface area contributed by atoms with Crippen molar-refractivity contribution in [3.8, 4) is 0 Å². The lowest BCUT2D eigenvalue weighted by molar-refractivity contribution is -0.122. The Morgan fingerprint density at radius 3 is 2.50 bits per heavy atom. The average molecular weight is 255 g/mol. The van der Waals surface area contributed by atoms with E-state index in [0.29, 0.717) is 0 Å². The van der Waals surface area contributed by atoms with Gasteiger partial charge in [0.25, 0.3) is 0 Å². The molecule has 1 heterocycles. The minimum atomic E-state index is -0.495. The van der Waals surface area contributed by atoms with Gasteiger partial charge in [-0.3, -0.25) is 4.79 Å². The first-order valence-corrected chi connectivity index (χ1v) is 5.47. The van der Waals surface area contributed by atoms with E-state index >= 15 is 0 Å². The van der Waals surface area contributed by atoms with Crippen LogP contribution in [-0.2, 0) is 4.79 Å². The number of hydrogen-bond acceptors (Lipinski definition) is 2. The van der Waals surface area contributed by atoms with Crippen LogP contribution in [0.25, 0.3) is 0 Å². The minimum Gasteiger partial charge on any atom is -0.306 e. The summed E-state index contributed by atoms with van der Waals surface area (Å²) in [6.07, 6.45) is 1.90. The molecule has 1 saturated heterocycles. The van der Waals surface area contributed by atoms with Crippen LogP contribution in [0.4, 0.5) is 0 Å². The van der Waals surface area contributed by atoms with Gasteiger partial charge in [0.05, 0.1) is 0 Å². The van der Waals surface area contributed by atoms with E-state index in [1.54, 1.807) is 0 Å². The second kappa shape index (κ2) is 4.58. The number of rotatable bonds is 2. The predicted molar refractivity (Wildman–Crippen MR) is 53.8 cm³/mol. The molecule has 0 aromatic heterocycles. The molecule has 0 amide bonds.